The first-order valence-electron chi connectivity index (χ1n) is 5.42. The summed E-state index contributed by atoms with van der Waals surface area (Å²) in [7, 11) is 1.65. The average Bonchev–Trinajstić information content (AvgIpc) is 2.58. The second-order valence-electron chi connectivity index (χ2n) is 4.05. The van der Waals surface area contributed by atoms with Gasteiger partial charge in [-0.3, -0.25) is 14.7 Å². The Morgan fingerprint density at radius 3 is 2.53 bits per heavy atom. The molecule has 0 radical (unpaired) electrons. The topological polar surface area (TPSA) is 86.3 Å². The molecular formula is C11H17N3O3. The van der Waals surface area contributed by atoms with Crippen molar-refractivity contribution < 1.29 is 14.7 Å². The second kappa shape index (κ2) is 5.47. The third-order valence-corrected chi connectivity index (χ3v) is 2.69. The van der Waals surface area contributed by atoms with Crippen molar-refractivity contribution in [2.45, 2.75) is 26.7 Å². The summed E-state index contributed by atoms with van der Waals surface area (Å²) in [5, 5.41) is 15.2. The van der Waals surface area contributed by atoms with E-state index in [2.05, 4.69) is 10.2 Å². The predicted molar refractivity (Wildman–Crippen MR) is 61.9 cm³/mol. The Labute approximate surface area is 99.6 Å². The first-order chi connectivity index (χ1) is 7.93. The van der Waals surface area contributed by atoms with Crippen LogP contribution in [0.5, 0.6) is 0 Å². The fourth-order valence-electron chi connectivity index (χ4n) is 1.44. The molecular weight excluding hydrogens is 222 g/mol. The lowest BCUT2D eigenvalue weighted by atomic mass is 10.2. The molecule has 1 rings (SSSR count). The minimum absolute atomic E-state index is 0.0657. The Morgan fingerprint density at radius 1 is 1.41 bits per heavy atom. The number of aryl methyl sites for hydroxylation is 1. The van der Waals surface area contributed by atoms with Crippen LogP contribution in [-0.2, 0) is 4.79 Å². The molecule has 1 aromatic heterocycles. The molecule has 0 unspecified atom stereocenters. The highest BCUT2D eigenvalue weighted by Crippen LogP contribution is 2.10. The summed E-state index contributed by atoms with van der Waals surface area (Å²) in [5.74, 6) is -1.03. The maximum Gasteiger partial charge on any atom is 0.303 e. The van der Waals surface area contributed by atoms with E-state index in [1.165, 1.54) is 4.90 Å². The zero-order chi connectivity index (χ0) is 13.0. The minimum Gasteiger partial charge on any atom is -0.481 e. The fourth-order valence-corrected chi connectivity index (χ4v) is 1.44. The summed E-state index contributed by atoms with van der Waals surface area (Å²) in [6.45, 7) is 4.09. The van der Waals surface area contributed by atoms with E-state index in [0.29, 0.717) is 18.7 Å². The largest absolute Gasteiger partial charge is 0.481 e. The Balaban J connectivity index is 2.58. The van der Waals surface area contributed by atoms with Crippen LogP contribution in [-0.4, -0.2) is 45.7 Å². The zero-order valence-electron chi connectivity index (χ0n) is 10.3. The molecule has 0 aliphatic carbocycles. The van der Waals surface area contributed by atoms with Crippen LogP contribution in [0.4, 0.5) is 0 Å². The van der Waals surface area contributed by atoms with Crippen LogP contribution < -0.4 is 0 Å². The number of rotatable bonds is 5. The number of nitrogens with zero attached hydrogens (tertiary/aromatic N) is 2. The summed E-state index contributed by atoms with van der Waals surface area (Å²) < 4.78 is 0. The number of carboxylic acids is 1. The third-order valence-electron chi connectivity index (χ3n) is 2.69. The molecule has 0 fully saturated rings. The highest BCUT2D eigenvalue weighted by atomic mass is 16.4. The van der Waals surface area contributed by atoms with Gasteiger partial charge in [0, 0.05) is 31.3 Å². The normalized spacial score (nSPS) is 10.3. The molecule has 1 aromatic rings. The molecule has 6 heteroatoms. The summed E-state index contributed by atoms with van der Waals surface area (Å²) in [5.41, 5.74) is 2.10. The Bertz CT molecular complexity index is 426. The van der Waals surface area contributed by atoms with Crippen molar-refractivity contribution >= 4 is 11.9 Å². The lowest BCUT2D eigenvalue weighted by Gasteiger charge is -2.15. The Morgan fingerprint density at radius 2 is 2.06 bits per heavy atom. The summed E-state index contributed by atoms with van der Waals surface area (Å²) in [4.78, 5) is 23.8. The highest BCUT2D eigenvalue weighted by Gasteiger charge is 2.18. The quantitative estimate of drug-likeness (QED) is 0.801. The molecule has 0 aliphatic heterocycles. The van der Waals surface area contributed by atoms with Gasteiger partial charge in [0.25, 0.3) is 5.91 Å². The van der Waals surface area contributed by atoms with Crippen molar-refractivity contribution in [3.63, 3.8) is 0 Å². The van der Waals surface area contributed by atoms with E-state index in [-0.39, 0.29) is 12.3 Å². The maximum absolute atomic E-state index is 12.0. The van der Waals surface area contributed by atoms with Crippen LogP contribution in [0.1, 0.15) is 34.6 Å². The van der Waals surface area contributed by atoms with Crippen LogP contribution in [0, 0.1) is 13.8 Å². The molecule has 0 aromatic carbocycles. The van der Waals surface area contributed by atoms with Crippen LogP contribution in [0.15, 0.2) is 0 Å². The van der Waals surface area contributed by atoms with Gasteiger partial charge >= 0.3 is 5.97 Å². The number of hydrogen-bond acceptors (Lipinski definition) is 3. The van der Waals surface area contributed by atoms with Crippen molar-refractivity contribution in [2.75, 3.05) is 13.6 Å². The number of H-pyrrole nitrogens is 1. The monoisotopic (exact) mass is 239 g/mol. The van der Waals surface area contributed by atoms with Crippen molar-refractivity contribution in [1.82, 2.24) is 15.1 Å². The number of aliphatic carboxylic acids is 1. The van der Waals surface area contributed by atoms with Crippen LogP contribution in [0.25, 0.3) is 0 Å². The van der Waals surface area contributed by atoms with Gasteiger partial charge in [0.15, 0.2) is 5.69 Å². The van der Waals surface area contributed by atoms with Gasteiger partial charge in [-0.25, -0.2) is 0 Å². The number of aromatic nitrogens is 2. The lowest BCUT2D eigenvalue weighted by molar-refractivity contribution is -0.137. The zero-order valence-corrected chi connectivity index (χ0v) is 10.3. The summed E-state index contributed by atoms with van der Waals surface area (Å²) in [6, 6.07) is 0. The van der Waals surface area contributed by atoms with E-state index < -0.39 is 5.97 Å². The third kappa shape index (κ3) is 3.30. The molecule has 0 saturated carbocycles. The maximum atomic E-state index is 12.0. The predicted octanol–water partition coefficient (Wildman–Crippen LogP) is 0.963. The molecule has 2 N–H and O–H groups in total. The number of carbonyl (C=O) groups excluding carboxylic acids is 1. The van der Waals surface area contributed by atoms with E-state index >= 15 is 0 Å². The van der Waals surface area contributed by atoms with Crippen molar-refractivity contribution in [2.24, 2.45) is 0 Å². The van der Waals surface area contributed by atoms with Gasteiger partial charge < -0.3 is 10.0 Å². The summed E-state index contributed by atoms with van der Waals surface area (Å²) in [6.07, 6.45) is 0.510. The number of amides is 1. The Hall–Kier alpha value is -1.85. The van der Waals surface area contributed by atoms with E-state index in [1.807, 2.05) is 13.8 Å². The molecule has 6 nitrogen and oxygen atoms in total. The number of carboxylic acid groups (broad SMARTS) is 1. The van der Waals surface area contributed by atoms with Crippen molar-refractivity contribution in [3.05, 3.63) is 17.0 Å². The van der Waals surface area contributed by atoms with Crippen molar-refractivity contribution in [3.8, 4) is 0 Å². The number of nitrogens with one attached hydrogen (secondary N) is 1. The highest BCUT2D eigenvalue weighted by molar-refractivity contribution is 5.93. The van der Waals surface area contributed by atoms with E-state index in [0.717, 1.165) is 11.3 Å². The van der Waals surface area contributed by atoms with Crippen LogP contribution in [0.3, 0.4) is 0 Å². The van der Waals surface area contributed by atoms with Gasteiger partial charge in [-0.1, -0.05) is 0 Å². The minimum atomic E-state index is -0.849. The Kier molecular flexibility index (Phi) is 4.25. The molecule has 0 bridgehead atoms. The first kappa shape index (κ1) is 13.2. The van der Waals surface area contributed by atoms with Gasteiger partial charge in [-0.05, 0) is 20.3 Å². The molecule has 0 aliphatic rings. The van der Waals surface area contributed by atoms with E-state index in [4.69, 9.17) is 5.11 Å². The number of aromatic amines is 1. The smallest absolute Gasteiger partial charge is 0.303 e. The fraction of sp³-hybridized carbons (Fsp3) is 0.545. The van der Waals surface area contributed by atoms with Crippen molar-refractivity contribution in [1.29, 1.82) is 0 Å². The van der Waals surface area contributed by atoms with Gasteiger partial charge in [-0.2, -0.15) is 5.10 Å². The van der Waals surface area contributed by atoms with Gasteiger partial charge in [0.05, 0.1) is 0 Å². The number of hydrogen-bond donors (Lipinski definition) is 2. The van der Waals surface area contributed by atoms with Crippen LogP contribution in [0.2, 0.25) is 0 Å². The molecule has 94 valence electrons. The van der Waals surface area contributed by atoms with E-state index in [1.54, 1.807) is 7.05 Å². The van der Waals surface area contributed by atoms with Gasteiger partial charge in [-0.15, -0.1) is 0 Å². The van der Waals surface area contributed by atoms with E-state index in [9.17, 15) is 9.59 Å². The molecule has 0 saturated heterocycles. The SMILES string of the molecule is Cc1[nH]nc(C(=O)N(C)CCCC(=O)O)c1C. The van der Waals surface area contributed by atoms with Gasteiger partial charge in [0.1, 0.15) is 0 Å². The molecule has 1 heterocycles. The molecule has 17 heavy (non-hydrogen) atoms. The molecule has 1 amide bonds. The lowest BCUT2D eigenvalue weighted by Crippen LogP contribution is -2.29. The standard InChI is InChI=1S/C11H17N3O3/c1-7-8(2)12-13-10(7)11(17)14(3)6-4-5-9(15)16/h4-6H2,1-3H3,(H,12,13)(H,15,16). The average molecular weight is 239 g/mol. The van der Waals surface area contributed by atoms with Gasteiger partial charge in [0.2, 0.25) is 0 Å². The summed E-state index contributed by atoms with van der Waals surface area (Å²) >= 11 is 0. The molecule has 0 atom stereocenters. The van der Waals surface area contributed by atoms with Crippen LogP contribution >= 0.6 is 0 Å². The first-order valence-corrected chi connectivity index (χ1v) is 5.42. The number of carbonyl (C=O) groups is 2. The molecule has 0 spiro atoms. The second-order valence-corrected chi connectivity index (χ2v) is 4.05.